The van der Waals surface area contributed by atoms with Crippen molar-refractivity contribution < 1.29 is 4.42 Å². The SMILES string of the molecule is CC1C=Cc2cc3[nH]c4c(-c5cccc6c5oc5ccc7ccccc7c56)cccc4c3cc2C1. The molecule has 2 nitrogen and oxygen atoms in total. The van der Waals surface area contributed by atoms with Crippen molar-refractivity contribution in [3.63, 3.8) is 0 Å². The molecular formula is C33H23NO. The van der Waals surface area contributed by atoms with Crippen LogP contribution in [-0.2, 0) is 6.42 Å². The standard InChI is InChI=1S/C33H23NO/c1-19-12-13-21-18-29-28(17-22(21)16-19)25-9-4-8-24(32(25)34-29)26-10-5-11-27-31-23-7-3-2-6-20(23)14-15-30(31)35-33(26)27/h2-15,17-19,34H,16H2,1H3. The fraction of sp³-hybridized carbons (Fsp3) is 0.0909. The highest BCUT2D eigenvalue weighted by molar-refractivity contribution is 6.22. The lowest BCUT2D eigenvalue weighted by atomic mass is 9.89. The van der Waals surface area contributed by atoms with Gasteiger partial charge in [0.1, 0.15) is 11.2 Å². The van der Waals surface area contributed by atoms with Crippen LogP contribution in [0.25, 0.3) is 71.7 Å². The van der Waals surface area contributed by atoms with E-state index in [2.05, 4.69) is 109 Å². The first-order valence-electron chi connectivity index (χ1n) is 12.3. The van der Waals surface area contributed by atoms with Gasteiger partial charge >= 0.3 is 0 Å². The Morgan fingerprint density at radius 3 is 2.54 bits per heavy atom. The van der Waals surface area contributed by atoms with Gasteiger partial charge in [0, 0.05) is 38.2 Å². The number of benzene rings is 5. The molecule has 0 radical (unpaired) electrons. The summed E-state index contributed by atoms with van der Waals surface area (Å²) in [6.45, 7) is 2.29. The number of rotatable bonds is 1. The third-order valence-corrected chi connectivity index (χ3v) is 7.72. The number of para-hydroxylation sites is 2. The Kier molecular flexibility index (Phi) is 3.74. The van der Waals surface area contributed by atoms with Crippen molar-refractivity contribution in [2.75, 3.05) is 0 Å². The van der Waals surface area contributed by atoms with Gasteiger partial charge in [-0.3, -0.25) is 0 Å². The summed E-state index contributed by atoms with van der Waals surface area (Å²) >= 11 is 0. The zero-order chi connectivity index (χ0) is 23.1. The second kappa shape index (κ2) is 6.86. The summed E-state index contributed by atoms with van der Waals surface area (Å²) in [6, 6.07) is 30.6. The highest BCUT2D eigenvalue weighted by Gasteiger charge is 2.18. The number of aromatic amines is 1. The van der Waals surface area contributed by atoms with Gasteiger partial charge in [-0.05, 0) is 52.4 Å². The number of hydrogen-bond donors (Lipinski definition) is 1. The average Bonchev–Trinajstić information content (AvgIpc) is 3.45. The number of fused-ring (bicyclic) bond motifs is 9. The number of aromatic nitrogens is 1. The van der Waals surface area contributed by atoms with E-state index >= 15 is 0 Å². The van der Waals surface area contributed by atoms with Crippen LogP contribution < -0.4 is 0 Å². The Bertz CT molecular complexity index is 2000. The minimum atomic E-state index is 0.586. The quantitative estimate of drug-likeness (QED) is 0.266. The highest BCUT2D eigenvalue weighted by atomic mass is 16.3. The predicted molar refractivity (Wildman–Crippen MR) is 148 cm³/mol. The molecule has 166 valence electrons. The molecule has 2 heteroatoms. The van der Waals surface area contributed by atoms with E-state index in [9.17, 15) is 0 Å². The number of hydrogen-bond acceptors (Lipinski definition) is 1. The number of furan rings is 1. The fourth-order valence-electron chi connectivity index (χ4n) is 6.05. The highest BCUT2D eigenvalue weighted by Crippen LogP contribution is 2.42. The topological polar surface area (TPSA) is 28.9 Å². The van der Waals surface area contributed by atoms with E-state index in [1.54, 1.807) is 0 Å². The maximum absolute atomic E-state index is 6.54. The van der Waals surface area contributed by atoms with Gasteiger partial charge in [-0.15, -0.1) is 0 Å². The molecule has 0 amide bonds. The minimum Gasteiger partial charge on any atom is -0.455 e. The van der Waals surface area contributed by atoms with Crippen LogP contribution in [0.15, 0.2) is 95.4 Å². The molecule has 7 aromatic rings. The smallest absolute Gasteiger partial charge is 0.143 e. The molecule has 8 rings (SSSR count). The molecule has 0 aliphatic heterocycles. The molecule has 2 heterocycles. The van der Waals surface area contributed by atoms with Crippen molar-refractivity contribution >= 4 is 60.6 Å². The lowest BCUT2D eigenvalue weighted by molar-refractivity contribution is 0.670. The van der Waals surface area contributed by atoms with Crippen LogP contribution in [0.4, 0.5) is 0 Å². The number of H-pyrrole nitrogens is 1. The fourth-order valence-corrected chi connectivity index (χ4v) is 6.05. The summed E-state index contributed by atoms with van der Waals surface area (Å²) in [6.07, 6.45) is 5.68. The third-order valence-electron chi connectivity index (χ3n) is 7.72. The van der Waals surface area contributed by atoms with Crippen LogP contribution in [0, 0.1) is 5.92 Å². The molecule has 1 aliphatic carbocycles. The lowest BCUT2D eigenvalue weighted by Gasteiger charge is -2.15. The molecule has 35 heavy (non-hydrogen) atoms. The van der Waals surface area contributed by atoms with Crippen molar-refractivity contribution in [3.05, 3.63) is 102 Å². The van der Waals surface area contributed by atoms with Gasteiger partial charge in [0.25, 0.3) is 0 Å². The molecule has 1 atom stereocenters. The summed E-state index contributed by atoms with van der Waals surface area (Å²) in [4.78, 5) is 3.76. The van der Waals surface area contributed by atoms with E-state index in [-0.39, 0.29) is 0 Å². The van der Waals surface area contributed by atoms with Crippen LogP contribution in [0.5, 0.6) is 0 Å². The first kappa shape index (κ1) is 19.1. The maximum Gasteiger partial charge on any atom is 0.143 e. The molecule has 5 aromatic carbocycles. The first-order chi connectivity index (χ1) is 17.2. The normalized spacial score (nSPS) is 15.6. The Hall–Kier alpha value is -4.30. The minimum absolute atomic E-state index is 0.586. The number of allylic oxidation sites excluding steroid dienone is 1. The van der Waals surface area contributed by atoms with Gasteiger partial charge in [-0.2, -0.15) is 0 Å². The van der Waals surface area contributed by atoms with Crippen LogP contribution in [0.3, 0.4) is 0 Å². The summed E-state index contributed by atoms with van der Waals surface area (Å²) in [7, 11) is 0. The average molecular weight is 450 g/mol. The molecule has 2 aromatic heterocycles. The van der Waals surface area contributed by atoms with Crippen LogP contribution in [-0.4, -0.2) is 4.98 Å². The van der Waals surface area contributed by atoms with Gasteiger partial charge in [0.05, 0.1) is 5.52 Å². The molecule has 0 fully saturated rings. The molecule has 0 spiro atoms. The summed E-state index contributed by atoms with van der Waals surface area (Å²) in [5.74, 6) is 0.586. The van der Waals surface area contributed by atoms with Gasteiger partial charge in [0.2, 0.25) is 0 Å². The molecule has 0 saturated carbocycles. The second-order valence-electron chi connectivity index (χ2n) is 9.93. The number of nitrogens with one attached hydrogen (secondary N) is 1. The van der Waals surface area contributed by atoms with Crippen molar-refractivity contribution in [2.24, 2.45) is 5.92 Å². The van der Waals surface area contributed by atoms with Gasteiger partial charge in [-0.25, -0.2) is 0 Å². The Balaban J connectivity index is 1.43. The maximum atomic E-state index is 6.54. The van der Waals surface area contributed by atoms with E-state index in [1.807, 2.05) is 0 Å². The summed E-state index contributed by atoms with van der Waals surface area (Å²) < 4.78 is 6.54. The van der Waals surface area contributed by atoms with Crippen molar-refractivity contribution in [2.45, 2.75) is 13.3 Å². The van der Waals surface area contributed by atoms with E-state index in [4.69, 9.17) is 4.42 Å². The lowest BCUT2D eigenvalue weighted by Crippen LogP contribution is -2.02. The van der Waals surface area contributed by atoms with Gasteiger partial charge in [0.15, 0.2) is 0 Å². The monoisotopic (exact) mass is 449 g/mol. The van der Waals surface area contributed by atoms with Crippen molar-refractivity contribution in [3.8, 4) is 11.1 Å². The van der Waals surface area contributed by atoms with Crippen LogP contribution in [0.2, 0.25) is 0 Å². The van der Waals surface area contributed by atoms with E-state index in [1.165, 1.54) is 54.7 Å². The van der Waals surface area contributed by atoms with Crippen LogP contribution in [0.1, 0.15) is 18.1 Å². The van der Waals surface area contributed by atoms with Gasteiger partial charge in [-0.1, -0.05) is 85.8 Å². The molecule has 0 saturated heterocycles. The van der Waals surface area contributed by atoms with E-state index < -0.39 is 0 Å². The third kappa shape index (κ3) is 2.65. The second-order valence-corrected chi connectivity index (χ2v) is 9.93. The molecule has 1 N–H and O–H groups in total. The molecule has 0 bridgehead atoms. The van der Waals surface area contributed by atoms with Crippen molar-refractivity contribution in [1.82, 2.24) is 4.98 Å². The largest absolute Gasteiger partial charge is 0.455 e. The van der Waals surface area contributed by atoms with Crippen molar-refractivity contribution in [1.29, 1.82) is 0 Å². The summed E-state index contributed by atoms with van der Waals surface area (Å²) in [5.41, 5.74) is 9.30. The Morgan fingerprint density at radius 2 is 1.60 bits per heavy atom. The van der Waals surface area contributed by atoms with E-state index in [0.29, 0.717) is 5.92 Å². The van der Waals surface area contributed by atoms with Crippen LogP contribution >= 0.6 is 0 Å². The zero-order valence-corrected chi connectivity index (χ0v) is 19.4. The Labute approximate surface area is 202 Å². The molecular weight excluding hydrogens is 426 g/mol. The van der Waals surface area contributed by atoms with Gasteiger partial charge < -0.3 is 9.40 Å². The molecule has 1 aliphatic rings. The zero-order valence-electron chi connectivity index (χ0n) is 19.4. The summed E-state index contributed by atoms with van der Waals surface area (Å²) in [5, 5.41) is 7.39. The van der Waals surface area contributed by atoms with E-state index in [0.717, 1.165) is 28.5 Å². The first-order valence-corrected chi connectivity index (χ1v) is 12.3. The molecule has 1 unspecified atom stereocenters. The Morgan fingerprint density at radius 1 is 0.771 bits per heavy atom. The predicted octanol–water partition coefficient (Wildman–Crippen LogP) is 9.25.